The van der Waals surface area contributed by atoms with Crippen LogP contribution in [-0.4, -0.2) is 45.9 Å². The summed E-state index contributed by atoms with van der Waals surface area (Å²) in [6, 6.07) is 0. The molecule has 1 heterocycles. The Hall–Kier alpha value is -1.47. The van der Waals surface area contributed by atoms with Gasteiger partial charge in [0, 0.05) is 31.4 Å². The second-order valence-corrected chi connectivity index (χ2v) is 6.13. The van der Waals surface area contributed by atoms with E-state index >= 15 is 0 Å². The largest absolute Gasteiger partial charge is 0.378 e. The highest BCUT2D eigenvalue weighted by Gasteiger charge is 2.62. The number of rotatable bonds is 7. The lowest BCUT2D eigenvalue weighted by molar-refractivity contribution is -0.170. The van der Waals surface area contributed by atoms with Crippen molar-refractivity contribution in [1.29, 1.82) is 0 Å². The smallest absolute Gasteiger partial charge is 0.240 e. The molecule has 2 unspecified atom stereocenters. The van der Waals surface area contributed by atoms with Crippen LogP contribution in [-0.2, 0) is 16.0 Å². The van der Waals surface area contributed by atoms with Gasteiger partial charge in [-0.1, -0.05) is 13.8 Å². The van der Waals surface area contributed by atoms with Crippen molar-refractivity contribution in [2.75, 3.05) is 13.2 Å². The topological polar surface area (TPSA) is 106 Å². The lowest BCUT2D eigenvalue weighted by Crippen LogP contribution is -2.75. The van der Waals surface area contributed by atoms with Gasteiger partial charge < -0.3 is 15.8 Å². The highest BCUT2D eigenvalue weighted by Crippen LogP contribution is 2.49. The van der Waals surface area contributed by atoms with Crippen LogP contribution in [0.3, 0.4) is 0 Å². The van der Waals surface area contributed by atoms with Crippen LogP contribution in [0, 0.1) is 5.41 Å². The van der Waals surface area contributed by atoms with Gasteiger partial charge in [-0.3, -0.25) is 9.89 Å². The average Bonchev–Trinajstić information content (AvgIpc) is 2.96. The molecule has 2 atom stereocenters. The average molecular weight is 295 g/mol. The highest BCUT2D eigenvalue weighted by molar-refractivity contribution is 5.88. The van der Waals surface area contributed by atoms with Gasteiger partial charge in [0.1, 0.15) is 17.7 Å². The van der Waals surface area contributed by atoms with Crippen LogP contribution in [0.1, 0.15) is 39.4 Å². The predicted octanol–water partition coefficient (Wildman–Crippen LogP) is 0.386. The summed E-state index contributed by atoms with van der Waals surface area (Å²) < 4.78 is 5.63. The summed E-state index contributed by atoms with van der Waals surface area (Å²) >= 11 is 0. The number of hydrogen-bond donors (Lipinski definition) is 3. The van der Waals surface area contributed by atoms with E-state index in [-0.39, 0.29) is 17.4 Å². The normalized spacial score (nSPS) is 27.1. The van der Waals surface area contributed by atoms with Crippen LogP contribution < -0.4 is 11.1 Å². The predicted molar refractivity (Wildman–Crippen MR) is 78.4 cm³/mol. The van der Waals surface area contributed by atoms with E-state index in [1.807, 2.05) is 20.8 Å². The van der Waals surface area contributed by atoms with E-state index in [9.17, 15) is 4.79 Å². The van der Waals surface area contributed by atoms with Gasteiger partial charge in [0.25, 0.3) is 0 Å². The first-order chi connectivity index (χ1) is 9.91. The summed E-state index contributed by atoms with van der Waals surface area (Å²) in [7, 11) is 0. The van der Waals surface area contributed by atoms with Gasteiger partial charge in [-0.05, 0) is 13.3 Å². The fraction of sp³-hybridized carbons (Fsp3) is 0.786. The van der Waals surface area contributed by atoms with E-state index in [1.165, 1.54) is 6.33 Å². The Labute approximate surface area is 125 Å². The van der Waals surface area contributed by atoms with E-state index in [1.54, 1.807) is 0 Å². The number of nitrogens with zero attached hydrogens (tertiary/aromatic N) is 2. The lowest BCUT2D eigenvalue weighted by atomic mass is 9.54. The van der Waals surface area contributed by atoms with Gasteiger partial charge in [0.2, 0.25) is 5.91 Å². The maximum absolute atomic E-state index is 12.3. The van der Waals surface area contributed by atoms with Crippen molar-refractivity contribution < 1.29 is 9.53 Å². The zero-order valence-corrected chi connectivity index (χ0v) is 13.0. The molecule has 1 saturated carbocycles. The van der Waals surface area contributed by atoms with Crippen LogP contribution in [0.4, 0.5) is 0 Å². The van der Waals surface area contributed by atoms with Gasteiger partial charge in [-0.15, -0.1) is 0 Å². The monoisotopic (exact) mass is 295 g/mol. The second-order valence-electron chi connectivity index (χ2n) is 6.13. The van der Waals surface area contributed by atoms with Crippen molar-refractivity contribution in [2.24, 2.45) is 11.1 Å². The first-order valence-corrected chi connectivity index (χ1v) is 7.45. The molecule has 1 aromatic rings. The van der Waals surface area contributed by atoms with Gasteiger partial charge in [0.15, 0.2) is 0 Å². The number of aromatic amines is 1. The quantitative estimate of drug-likeness (QED) is 0.631. The third-order valence-corrected chi connectivity index (χ3v) is 4.58. The number of aromatic nitrogens is 3. The molecule has 1 fully saturated rings. The number of nitrogens with one attached hydrogen (secondary N) is 2. The van der Waals surface area contributed by atoms with E-state index in [2.05, 4.69) is 20.5 Å². The number of carbonyl (C=O) groups is 1. The van der Waals surface area contributed by atoms with Crippen LogP contribution in [0.25, 0.3) is 0 Å². The third kappa shape index (κ3) is 2.94. The minimum absolute atomic E-state index is 0.0486. The molecule has 1 aliphatic carbocycles. The maximum Gasteiger partial charge on any atom is 0.240 e. The minimum atomic E-state index is -0.848. The molecule has 7 heteroatoms. The molecule has 0 spiro atoms. The zero-order chi connectivity index (χ0) is 15.5. The van der Waals surface area contributed by atoms with Crippen molar-refractivity contribution in [3.05, 3.63) is 12.2 Å². The number of ether oxygens (including phenoxy) is 1. The molecule has 1 aliphatic rings. The number of amides is 1. The Kier molecular flexibility index (Phi) is 4.63. The molecule has 7 nitrogen and oxygen atoms in total. The third-order valence-electron chi connectivity index (χ3n) is 4.58. The first kappa shape index (κ1) is 15.9. The summed E-state index contributed by atoms with van der Waals surface area (Å²) in [4.78, 5) is 16.4. The Morgan fingerprint density at radius 2 is 2.38 bits per heavy atom. The molecule has 0 bridgehead atoms. The molecule has 1 amide bonds. The highest BCUT2D eigenvalue weighted by atomic mass is 16.5. The SMILES string of the molecule is CCOC1CC(N)(C(=O)NCCCc2ncn[nH]2)C1(C)C. The van der Waals surface area contributed by atoms with Crippen LogP contribution in [0.15, 0.2) is 6.33 Å². The minimum Gasteiger partial charge on any atom is -0.378 e. The van der Waals surface area contributed by atoms with Gasteiger partial charge in [0.05, 0.1) is 6.10 Å². The van der Waals surface area contributed by atoms with Crippen molar-refractivity contribution in [1.82, 2.24) is 20.5 Å². The molecule has 0 aliphatic heterocycles. The Bertz CT molecular complexity index is 474. The number of nitrogens with two attached hydrogens (primary N) is 1. The Balaban J connectivity index is 1.78. The second kappa shape index (κ2) is 6.11. The molecule has 118 valence electrons. The first-order valence-electron chi connectivity index (χ1n) is 7.45. The van der Waals surface area contributed by atoms with Crippen molar-refractivity contribution in [2.45, 2.75) is 51.7 Å². The molecule has 4 N–H and O–H groups in total. The number of aryl methyl sites for hydroxylation is 1. The molecule has 0 aromatic carbocycles. The van der Waals surface area contributed by atoms with Gasteiger partial charge in [-0.2, -0.15) is 5.10 Å². The Morgan fingerprint density at radius 1 is 1.62 bits per heavy atom. The standard InChI is InChI=1S/C14H25N5O2/c1-4-21-10-8-14(15,13(10,2)3)12(20)16-7-5-6-11-17-9-18-19-11/h9-10H,4-8,15H2,1-3H3,(H,16,20)(H,17,18,19). The summed E-state index contributed by atoms with van der Waals surface area (Å²) in [5.41, 5.74) is 5.10. The molecular weight excluding hydrogens is 270 g/mol. The van der Waals surface area contributed by atoms with Crippen LogP contribution in [0.5, 0.6) is 0 Å². The van der Waals surface area contributed by atoms with Gasteiger partial charge >= 0.3 is 0 Å². The molecular formula is C14H25N5O2. The summed E-state index contributed by atoms with van der Waals surface area (Å²) in [6.45, 7) is 7.16. The van der Waals surface area contributed by atoms with E-state index in [0.29, 0.717) is 19.6 Å². The summed E-state index contributed by atoms with van der Waals surface area (Å²) in [5, 5.41) is 9.51. The van der Waals surface area contributed by atoms with E-state index in [4.69, 9.17) is 10.5 Å². The lowest BCUT2D eigenvalue weighted by Gasteiger charge is -2.57. The van der Waals surface area contributed by atoms with Crippen LogP contribution in [0.2, 0.25) is 0 Å². The zero-order valence-electron chi connectivity index (χ0n) is 13.0. The number of H-pyrrole nitrogens is 1. The molecule has 1 aromatic heterocycles. The maximum atomic E-state index is 12.3. The number of carbonyl (C=O) groups excluding carboxylic acids is 1. The van der Waals surface area contributed by atoms with Crippen molar-refractivity contribution in [3.63, 3.8) is 0 Å². The molecule has 2 rings (SSSR count). The van der Waals surface area contributed by atoms with E-state index in [0.717, 1.165) is 18.7 Å². The van der Waals surface area contributed by atoms with Crippen molar-refractivity contribution >= 4 is 5.91 Å². The van der Waals surface area contributed by atoms with Crippen LogP contribution >= 0.6 is 0 Å². The Morgan fingerprint density at radius 3 is 2.95 bits per heavy atom. The van der Waals surface area contributed by atoms with Gasteiger partial charge in [-0.25, -0.2) is 4.98 Å². The van der Waals surface area contributed by atoms with Crippen molar-refractivity contribution in [3.8, 4) is 0 Å². The van der Waals surface area contributed by atoms with E-state index < -0.39 is 5.54 Å². The molecule has 0 saturated heterocycles. The number of hydrogen-bond acceptors (Lipinski definition) is 5. The fourth-order valence-electron chi connectivity index (χ4n) is 2.79. The summed E-state index contributed by atoms with van der Waals surface area (Å²) in [5.74, 6) is 0.730. The summed E-state index contributed by atoms with van der Waals surface area (Å²) in [6.07, 6.45) is 3.65. The fourth-order valence-corrected chi connectivity index (χ4v) is 2.79. The molecule has 21 heavy (non-hydrogen) atoms. The molecule has 0 radical (unpaired) electrons.